The number of thiophene rings is 1. The maximum Gasteiger partial charge on any atom is 0.251 e. The third kappa shape index (κ3) is 3.04. The highest BCUT2D eigenvalue weighted by Gasteiger charge is 2.22. The molecule has 0 saturated carbocycles. The van der Waals surface area contributed by atoms with Crippen molar-refractivity contribution in [2.24, 2.45) is 0 Å². The summed E-state index contributed by atoms with van der Waals surface area (Å²) in [5.41, 5.74) is 4.05. The Morgan fingerprint density at radius 2 is 2.00 bits per heavy atom. The molecular weight excluding hydrogens is 290 g/mol. The number of fused-ring (bicyclic) bond motifs is 1. The molecule has 0 atom stereocenters. The van der Waals surface area contributed by atoms with E-state index in [4.69, 9.17) is 0 Å². The summed E-state index contributed by atoms with van der Waals surface area (Å²) in [6.45, 7) is 2.86. The van der Waals surface area contributed by atoms with Crippen LogP contribution in [0.15, 0.2) is 47.9 Å². The number of hydrogen-bond donors (Lipinski definition) is 1. The zero-order chi connectivity index (χ0) is 15.4. The number of benzene rings is 1. The Labute approximate surface area is 135 Å². The van der Waals surface area contributed by atoms with Crippen molar-refractivity contribution in [2.75, 3.05) is 6.54 Å². The molecule has 1 heterocycles. The average Bonchev–Trinajstić information content (AvgIpc) is 3.16. The molecule has 1 N–H and O–H groups in total. The molecule has 0 aliphatic heterocycles. The van der Waals surface area contributed by atoms with Gasteiger partial charge in [0.15, 0.2) is 0 Å². The van der Waals surface area contributed by atoms with Crippen molar-refractivity contribution in [3.05, 3.63) is 63.9 Å². The third-order valence-electron chi connectivity index (χ3n) is 3.73. The summed E-state index contributed by atoms with van der Waals surface area (Å²) in [6, 6.07) is 12.2. The van der Waals surface area contributed by atoms with Crippen LogP contribution in [0.25, 0.3) is 17.2 Å². The first kappa shape index (κ1) is 14.8. The second-order valence-electron chi connectivity index (χ2n) is 5.33. The van der Waals surface area contributed by atoms with Crippen molar-refractivity contribution < 1.29 is 4.79 Å². The Kier molecular flexibility index (Phi) is 4.54. The molecule has 1 aromatic heterocycles. The lowest BCUT2D eigenvalue weighted by Crippen LogP contribution is -2.24. The van der Waals surface area contributed by atoms with Gasteiger partial charge < -0.3 is 5.32 Å². The lowest BCUT2D eigenvalue weighted by molar-refractivity contribution is -0.115. The van der Waals surface area contributed by atoms with Crippen molar-refractivity contribution in [1.82, 2.24) is 5.32 Å². The van der Waals surface area contributed by atoms with Gasteiger partial charge in [-0.15, -0.1) is 11.3 Å². The van der Waals surface area contributed by atoms with E-state index in [-0.39, 0.29) is 5.91 Å². The lowest BCUT2D eigenvalue weighted by Gasteiger charge is -2.06. The molecular formula is C19H19NOS. The van der Waals surface area contributed by atoms with Gasteiger partial charge in [-0.2, -0.15) is 0 Å². The normalized spacial score (nSPS) is 14.8. The molecule has 0 fully saturated rings. The van der Waals surface area contributed by atoms with E-state index >= 15 is 0 Å². The van der Waals surface area contributed by atoms with Crippen LogP contribution in [0.5, 0.6) is 0 Å². The Bertz CT molecular complexity index is 726. The van der Waals surface area contributed by atoms with Gasteiger partial charge in [0, 0.05) is 17.0 Å². The first-order valence-corrected chi connectivity index (χ1v) is 8.52. The zero-order valence-electron chi connectivity index (χ0n) is 12.6. The van der Waals surface area contributed by atoms with Gasteiger partial charge in [0.2, 0.25) is 0 Å². The van der Waals surface area contributed by atoms with E-state index < -0.39 is 0 Å². The van der Waals surface area contributed by atoms with Gasteiger partial charge in [0.05, 0.1) is 0 Å². The number of allylic oxidation sites excluding steroid dienone is 2. The third-order valence-corrected chi connectivity index (χ3v) is 4.55. The minimum atomic E-state index is 0.0236. The van der Waals surface area contributed by atoms with E-state index in [1.807, 2.05) is 30.3 Å². The molecule has 0 spiro atoms. The smallest absolute Gasteiger partial charge is 0.251 e. The summed E-state index contributed by atoms with van der Waals surface area (Å²) in [4.78, 5) is 13.6. The quantitative estimate of drug-likeness (QED) is 0.803. The van der Waals surface area contributed by atoms with Crippen molar-refractivity contribution in [1.29, 1.82) is 0 Å². The molecule has 1 amide bonds. The minimum Gasteiger partial charge on any atom is -0.352 e. The van der Waals surface area contributed by atoms with Crippen molar-refractivity contribution in [3.8, 4) is 0 Å². The minimum absolute atomic E-state index is 0.0236. The monoisotopic (exact) mass is 309 g/mol. The van der Waals surface area contributed by atoms with E-state index in [2.05, 4.69) is 35.8 Å². The summed E-state index contributed by atoms with van der Waals surface area (Å²) in [6.07, 6.45) is 6.25. The highest BCUT2D eigenvalue weighted by atomic mass is 32.1. The first-order valence-electron chi connectivity index (χ1n) is 7.64. The van der Waals surface area contributed by atoms with Crippen LogP contribution in [0.1, 0.15) is 35.8 Å². The fourth-order valence-corrected chi connectivity index (χ4v) is 3.25. The van der Waals surface area contributed by atoms with E-state index in [0.29, 0.717) is 0 Å². The van der Waals surface area contributed by atoms with E-state index in [9.17, 15) is 4.79 Å². The molecule has 1 aliphatic carbocycles. The first-order chi connectivity index (χ1) is 10.8. The Balaban J connectivity index is 1.91. The van der Waals surface area contributed by atoms with Crippen LogP contribution < -0.4 is 5.32 Å². The summed E-state index contributed by atoms with van der Waals surface area (Å²) in [7, 11) is 0. The van der Waals surface area contributed by atoms with Crippen LogP contribution >= 0.6 is 11.3 Å². The number of unbranched alkanes of at least 4 members (excludes halogenated alkanes) is 1. The zero-order valence-corrected chi connectivity index (χ0v) is 13.5. The predicted molar refractivity (Wildman–Crippen MR) is 94.5 cm³/mol. The number of carbonyl (C=O) groups is 1. The maximum absolute atomic E-state index is 12.4. The standard InChI is InChI=1S/C19H19NOS/c1-2-3-10-20-19(21)18-13-14(12-15-7-6-11-22-15)16-8-4-5-9-17(16)18/h4-9,11-13H,2-3,10H2,1H3,(H,20,21)/b14-12+. The van der Waals surface area contributed by atoms with Gasteiger partial charge in [0.25, 0.3) is 5.91 Å². The van der Waals surface area contributed by atoms with Crippen LogP contribution in [-0.4, -0.2) is 12.5 Å². The topological polar surface area (TPSA) is 29.1 Å². The second-order valence-corrected chi connectivity index (χ2v) is 6.31. The van der Waals surface area contributed by atoms with Crippen molar-refractivity contribution in [2.45, 2.75) is 19.8 Å². The van der Waals surface area contributed by atoms with Crippen molar-refractivity contribution >= 4 is 34.5 Å². The Hall–Kier alpha value is -2.13. The summed E-state index contributed by atoms with van der Waals surface area (Å²) in [5, 5.41) is 5.08. The predicted octanol–water partition coefficient (Wildman–Crippen LogP) is 4.60. The molecule has 3 rings (SSSR count). The van der Waals surface area contributed by atoms with E-state index in [1.54, 1.807) is 11.3 Å². The Morgan fingerprint density at radius 3 is 2.73 bits per heavy atom. The number of amides is 1. The fourth-order valence-electron chi connectivity index (χ4n) is 2.59. The molecule has 3 heteroatoms. The largest absolute Gasteiger partial charge is 0.352 e. The molecule has 2 aromatic rings. The number of nitrogens with one attached hydrogen (secondary N) is 1. The molecule has 22 heavy (non-hydrogen) atoms. The van der Waals surface area contributed by atoms with Crippen molar-refractivity contribution in [3.63, 3.8) is 0 Å². The van der Waals surface area contributed by atoms with Crippen LogP contribution in [0, 0.1) is 0 Å². The molecule has 1 aromatic carbocycles. The van der Waals surface area contributed by atoms with Crippen LogP contribution in [0.4, 0.5) is 0 Å². The molecule has 112 valence electrons. The molecule has 0 unspecified atom stereocenters. The Morgan fingerprint density at radius 1 is 1.18 bits per heavy atom. The average molecular weight is 309 g/mol. The lowest BCUT2D eigenvalue weighted by atomic mass is 10.0. The van der Waals surface area contributed by atoms with Crippen LogP contribution in [0.3, 0.4) is 0 Å². The second kappa shape index (κ2) is 6.75. The SMILES string of the molecule is CCCCNC(=O)C1=C/C(=C\c2cccs2)c2ccccc21. The highest BCUT2D eigenvalue weighted by Crippen LogP contribution is 2.36. The van der Waals surface area contributed by atoms with E-state index in [0.717, 1.165) is 41.7 Å². The summed E-state index contributed by atoms with van der Waals surface area (Å²) >= 11 is 1.70. The number of hydrogen-bond acceptors (Lipinski definition) is 2. The van der Waals surface area contributed by atoms with Gasteiger partial charge in [-0.25, -0.2) is 0 Å². The van der Waals surface area contributed by atoms with Gasteiger partial charge in [-0.1, -0.05) is 43.7 Å². The molecule has 1 aliphatic rings. The van der Waals surface area contributed by atoms with Gasteiger partial charge in [-0.3, -0.25) is 4.79 Å². The van der Waals surface area contributed by atoms with Gasteiger partial charge in [0.1, 0.15) is 0 Å². The molecule has 0 bridgehead atoms. The summed E-state index contributed by atoms with van der Waals surface area (Å²) in [5.74, 6) is 0.0236. The van der Waals surface area contributed by atoms with Crippen LogP contribution in [-0.2, 0) is 4.79 Å². The maximum atomic E-state index is 12.4. The number of carbonyl (C=O) groups excluding carboxylic acids is 1. The van der Waals surface area contributed by atoms with Crippen LogP contribution in [0.2, 0.25) is 0 Å². The number of rotatable bonds is 5. The van der Waals surface area contributed by atoms with E-state index in [1.165, 1.54) is 4.88 Å². The molecule has 2 nitrogen and oxygen atoms in total. The molecule has 0 saturated heterocycles. The summed E-state index contributed by atoms with van der Waals surface area (Å²) < 4.78 is 0. The molecule has 0 radical (unpaired) electrons. The highest BCUT2D eigenvalue weighted by molar-refractivity contribution is 7.10. The van der Waals surface area contributed by atoms with Gasteiger partial charge >= 0.3 is 0 Å². The van der Waals surface area contributed by atoms with Gasteiger partial charge in [-0.05, 0) is 46.7 Å². The fraction of sp³-hybridized carbons (Fsp3) is 0.211.